The average molecular weight is 408 g/mol. The fourth-order valence-corrected chi connectivity index (χ4v) is 4.43. The number of carbonyl (C=O) groups is 2. The largest absolute Gasteiger partial charge is 0.495 e. The van der Waals surface area contributed by atoms with E-state index in [-0.39, 0.29) is 24.4 Å². The SMILES string of the molecule is COc1ccc(C)cc1NC(=O)CN1Cc2ccccc2CC1C(=O)N1CCCC1. The molecule has 0 spiro atoms. The minimum Gasteiger partial charge on any atom is -0.495 e. The van der Waals surface area contributed by atoms with E-state index in [2.05, 4.69) is 17.4 Å². The number of likely N-dealkylation sites (tertiary alicyclic amines) is 1. The number of ether oxygens (including phenoxy) is 1. The zero-order chi connectivity index (χ0) is 21.1. The Labute approximate surface area is 177 Å². The monoisotopic (exact) mass is 407 g/mol. The zero-order valence-corrected chi connectivity index (χ0v) is 17.7. The molecule has 158 valence electrons. The molecule has 2 aromatic rings. The number of benzene rings is 2. The van der Waals surface area contributed by atoms with Crippen molar-refractivity contribution in [3.63, 3.8) is 0 Å². The summed E-state index contributed by atoms with van der Waals surface area (Å²) in [6, 6.07) is 13.6. The van der Waals surface area contributed by atoms with Crippen molar-refractivity contribution < 1.29 is 14.3 Å². The second kappa shape index (κ2) is 8.88. The molecule has 0 aliphatic carbocycles. The number of anilines is 1. The van der Waals surface area contributed by atoms with E-state index in [0.29, 0.717) is 24.4 Å². The summed E-state index contributed by atoms with van der Waals surface area (Å²) in [6.45, 7) is 4.37. The van der Waals surface area contributed by atoms with Crippen molar-refractivity contribution in [2.75, 3.05) is 32.1 Å². The highest BCUT2D eigenvalue weighted by Crippen LogP contribution is 2.27. The van der Waals surface area contributed by atoms with Gasteiger partial charge >= 0.3 is 0 Å². The van der Waals surface area contributed by atoms with Gasteiger partial charge in [0.1, 0.15) is 5.75 Å². The van der Waals surface area contributed by atoms with Crippen LogP contribution in [0.15, 0.2) is 42.5 Å². The van der Waals surface area contributed by atoms with Gasteiger partial charge in [-0.3, -0.25) is 14.5 Å². The molecule has 1 saturated heterocycles. The summed E-state index contributed by atoms with van der Waals surface area (Å²) in [7, 11) is 1.59. The van der Waals surface area contributed by atoms with Crippen LogP contribution in [0.3, 0.4) is 0 Å². The lowest BCUT2D eigenvalue weighted by Gasteiger charge is -2.37. The van der Waals surface area contributed by atoms with Gasteiger partial charge in [-0.15, -0.1) is 0 Å². The first-order valence-corrected chi connectivity index (χ1v) is 10.6. The van der Waals surface area contributed by atoms with E-state index in [9.17, 15) is 9.59 Å². The molecule has 1 unspecified atom stereocenters. The number of hydrogen-bond donors (Lipinski definition) is 1. The Bertz CT molecular complexity index is 937. The van der Waals surface area contributed by atoms with Crippen LogP contribution < -0.4 is 10.1 Å². The Morgan fingerprint density at radius 3 is 2.57 bits per heavy atom. The van der Waals surface area contributed by atoms with Gasteiger partial charge in [-0.2, -0.15) is 0 Å². The minimum absolute atomic E-state index is 0.141. The third kappa shape index (κ3) is 4.33. The van der Waals surface area contributed by atoms with Crippen molar-refractivity contribution in [3.8, 4) is 5.75 Å². The molecule has 0 radical (unpaired) electrons. The van der Waals surface area contributed by atoms with Crippen LogP contribution >= 0.6 is 0 Å². The van der Waals surface area contributed by atoms with Crippen LogP contribution in [0.5, 0.6) is 5.75 Å². The first-order valence-electron chi connectivity index (χ1n) is 10.6. The molecule has 0 aromatic heterocycles. The maximum atomic E-state index is 13.2. The first kappa shape index (κ1) is 20.4. The summed E-state index contributed by atoms with van der Waals surface area (Å²) in [5.74, 6) is 0.628. The summed E-state index contributed by atoms with van der Waals surface area (Å²) >= 11 is 0. The molecule has 2 amide bonds. The van der Waals surface area contributed by atoms with Gasteiger partial charge in [-0.1, -0.05) is 30.3 Å². The van der Waals surface area contributed by atoms with Crippen LogP contribution in [0.4, 0.5) is 5.69 Å². The number of nitrogens with zero attached hydrogens (tertiary/aromatic N) is 2. The van der Waals surface area contributed by atoms with Gasteiger partial charge in [0.2, 0.25) is 11.8 Å². The predicted octanol–water partition coefficient (Wildman–Crippen LogP) is 2.99. The lowest BCUT2D eigenvalue weighted by atomic mass is 9.93. The molecule has 4 rings (SSSR count). The number of carbonyl (C=O) groups excluding carboxylic acids is 2. The Morgan fingerprint density at radius 2 is 1.83 bits per heavy atom. The van der Waals surface area contributed by atoms with Crippen molar-refractivity contribution in [1.82, 2.24) is 9.80 Å². The Kier molecular flexibility index (Phi) is 6.04. The normalized spacial score (nSPS) is 18.7. The van der Waals surface area contributed by atoms with Crippen LogP contribution in [-0.2, 0) is 22.6 Å². The van der Waals surface area contributed by atoms with Crippen LogP contribution in [-0.4, -0.2) is 54.4 Å². The van der Waals surface area contributed by atoms with Crippen LogP contribution in [0, 0.1) is 6.92 Å². The van der Waals surface area contributed by atoms with E-state index >= 15 is 0 Å². The van der Waals surface area contributed by atoms with Crippen molar-refractivity contribution in [2.45, 2.75) is 38.8 Å². The number of rotatable bonds is 5. The molecule has 6 nitrogen and oxygen atoms in total. The summed E-state index contributed by atoms with van der Waals surface area (Å²) in [5.41, 5.74) is 4.08. The summed E-state index contributed by atoms with van der Waals surface area (Å²) in [5, 5.41) is 2.97. The van der Waals surface area contributed by atoms with Gasteiger partial charge in [0.25, 0.3) is 0 Å². The molecule has 2 aromatic carbocycles. The van der Waals surface area contributed by atoms with Crippen molar-refractivity contribution in [1.29, 1.82) is 0 Å². The van der Waals surface area contributed by atoms with E-state index < -0.39 is 0 Å². The maximum absolute atomic E-state index is 13.2. The van der Waals surface area contributed by atoms with Gasteiger partial charge in [0.15, 0.2) is 0 Å². The van der Waals surface area contributed by atoms with E-state index in [0.717, 1.165) is 31.5 Å². The minimum atomic E-state index is -0.303. The van der Waals surface area contributed by atoms with Gasteiger partial charge in [0.05, 0.1) is 25.4 Å². The van der Waals surface area contributed by atoms with Crippen molar-refractivity contribution >= 4 is 17.5 Å². The number of methoxy groups -OCH3 is 1. The number of nitrogens with one attached hydrogen (secondary N) is 1. The Balaban J connectivity index is 1.53. The number of fused-ring (bicyclic) bond motifs is 1. The molecule has 0 bridgehead atoms. The van der Waals surface area contributed by atoms with E-state index in [1.54, 1.807) is 7.11 Å². The second-order valence-corrected chi connectivity index (χ2v) is 8.18. The highest BCUT2D eigenvalue weighted by molar-refractivity contribution is 5.94. The molecule has 30 heavy (non-hydrogen) atoms. The van der Waals surface area contributed by atoms with Gasteiger partial charge < -0.3 is 15.0 Å². The summed E-state index contributed by atoms with van der Waals surface area (Å²) < 4.78 is 5.38. The highest BCUT2D eigenvalue weighted by Gasteiger charge is 2.35. The molecule has 1 fully saturated rings. The zero-order valence-electron chi connectivity index (χ0n) is 17.7. The Morgan fingerprint density at radius 1 is 1.10 bits per heavy atom. The van der Waals surface area contributed by atoms with Crippen LogP contribution in [0.2, 0.25) is 0 Å². The summed E-state index contributed by atoms with van der Waals surface area (Å²) in [6.07, 6.45) is 2.76. The molecule has 1 atom stereocenters. The van der Waals surface area contributed by atoms with E-state index in [1.165, 1.54) is 11.1 Å². The van der Waals surface area contributed by atoms with Crippen molar-refractivity contribution in [3.05, 3.63) is 59.2 Å². The third-order valence-electron chi connectivity index (χ3n) is 6.02. The first-order chi connectivity index (χ1) is 14.5. The van der Waals surface area contributed by atoms with Gasteiger partial charge in [-0.25, -0.2) is 0 Å². The number of hydrogen-bond acceptors (Lipinski definition) is 4. The molecular formula is C24H29N3O3. The highest BCUT2D eigenvalue weighted by atomic mass is 16.5. The smallest absolute Gasteiger partial charge is 0.240 e. The van der Waals surface area contributed by atoms with E-state index in [1.807, 2.05) is 47.1 Å². The molecule has 1 N–H and O–H groups in total. The third-order valence-corrected chi connectivity index (χ3v) is 6.02. The predicted molar refractivity (Wildman–Crippen MR) is 117 cm³/mol. The Hall–Kier alpha value is -2.86. The second-order valence-electron chi connectivity index (χ2n) is 8.18. The van der Waals surface area contributed by atoms with Gasteiger partial charge in [-0.05, 0) is 55.0 Å². The summed E-state index contributed by atoms with van der Waals surface area (Å²) in [4.78, 5) is 30.1. The number of aryl methyl sites for hydroxylation is 1. The average Bonchev–Trinajstić information content (AvgIpc) is 3.28. The molecule has 2 heterocycles. The van der Waals surface area contributed by atoms with Crippen molar-refractivity contribution in [2.24, 2.45) is 0 Å². The van der Waals surface area contributed by atoms with Gasteiger partial charge in [0, 0.05) is 19.6 Å². The van der Waals surface area contributed by atoms with Crippen LogP contribution in [0.25, 0.3) is 0 Å². The lowest BCUT2D eigenvalue weighted by molar-refractivity contribution is -0.137. The molecule has 0 saturated carbocycles. The van der Waals surface area contributed by atoms with Crippen LogP contribution in [0.1, 0.15) is 29.5 Å². The molecule has 2 aliphatic rings. The fraction of sp³-hybridized carbons (Fsp3) is 0.417. The lowest BCUT2D eigenvalue weighted by Crippen LogP contribution is -2.52. The molecular weight excluding hydrogens is 378 g/mol. The molecule has 6 heteroatoms. The van der Waals surface area contributed by atoms with E-state index in [4.69, 9.17) is 4.74 Å². The topological polar surface area (TPSA) is 61.9 Å². The fourth-order valence-electron chi connectivity index (χ4n) is 4.43. The standard InChI is InChI=1S/C24H29N3O3/c1-17-9-10-22(30-2)20(13-17)25-23(28)16-27-15-19-8-4-3-7-18(19)14-21(27)24(29)26-11-5-6-12-26/h3-4,7-10,13,21H,5-6,11-12,14-16H2,1-2H3,(H,25,28). The number of amides is 2. The quantitative estimate of drug-likeness (QED) is 0.828. The maximum Gasteiger partial charge on any atom is 0.240 e. The molecule has 2 aliphatic heterocycles.